The molecule has 0 aliphatic carbocycles. The summed E-state index contributed by atoms with van der Waals surface area (Å²) in [7, 11) is 0. The van der Waals surface area contributed by atoms with Crippen LogP contribution in [0.15, 0.2) is 6.33 Å². The van der Waals surface area contributed by atoms with Crippen molar-refractivity contribution in [1.82, 2.24) is 19.7 Å². The molecule has 0 saturated carbocycles. The van der Waals surface area contributed by atoms with Crippen LogP contribution in [0.4, 0.5) is 0 Å². The van der Waals surface area contributed by atoms with E-state index in [1.165, 1.54) is 6.42 Å². The number of rotatable bonds is 3. The maximum atomic E-state index is 6.29. The summed E-state index contributed by atoms with van der Waals surface area (Å²) in [6.07, 6.45) is 2.80. The fraction of sp³-hybridized carbons (Fsp3) is 0.818. The Kier molecular flexibility index (Phi) is 3.82. The molecule has 2 heterocycles. The normalized spacial score (nSPS) is 27.2. The van der Waals surface area contributed by atoms with Crippen LogP contribution in [0.3, 0.4) is 0 Å². The van der Waals surface area contributed by atoms with Gasteiger partial charge in [-0.1, -0.05) is 6.92 Å². The topological polar surface area (TPSA) is 34.0 Å². The van der Waals surface area contributed by atoms with Crippen molar-refractivity contribution in [2.45, 2.75) is 38.7 Å². The summed E-state index contributed by atoms with van der Waals surface area (Å²) in [4.78, 5) is 6.66. The van der Waals surface area contributed by atoms with E-state index in [0.29, 0.717) is 5.92 Å². The number of hydrogen-bond donors (Lipinski definition) is 0. The van der Waals surface area contributed by atoms with Gasteiger partial charge in [-0.25, -0.2) is 9.67 Å². The molecule has 1 aromatic heterocycles. The maximum Gasteiger partial charge on any atom is 0.140 e. The van der Waals surface area contributed by atoms with E-state index in [9.17, 15) is 0 Å². The van der Waals surface area contributed by atoms with Gasteiger partial charge in [-0.3, -0.25) is 4.90 Å². The van der Waals surface area contributed by atoms with E-state index < -0.39 is 0 Å². The lowest BCUT2D eigenvalue weighted by Gasteiger charge is -2.33. The zero-order chi connectivity index (χ0) is 11.5. The van der Waals surface area contributed by atoms with Gasteiger partial charge in [0.25, 0.3) is 0 Å². The monoisotopic (exact) mass is 242 g/mol. The predicted octanol–water partition coefficient (Wildman–Crippen LogP) is 1.75. The zero-order valence-corrected chi connectivity index (χ0v) is 10.7. The Hall–Kier alpha value is -0.610. The number of aryl methyl sites for hydroxylation is 1. The average molecular weight is 243 g/mol. The Morgan fingerprint density at radius 1 is 1.56 bits per heavy atom. The molecule has 2 unspecified atom stereocenters. The van der Waals surface area contributed by atoms with Gasteiger partial charge in [0.15, 0.2) is 0 Å². The summed E-state index contributed by atoms with van der Waals surface area (Å²) in [5.74, 6) is 1.67. The van der Waals surface area contributed by atoms with Crippen LogP contribution in [0, 0.1) is 5.92 Å². The van der Waals surface area contributed by atoms with Gasteiger partial charge >= 0.3 is 0 Å². The number of nitrogens with zero attached hydrogens (tertiary/aromatic N) is 4. The highest BCUT2D eigenvalue weighted by Gasteiger charge is 2.25. The first-order valence-electron chi connectivity index (χ1n) is 5.93. The number of halogens is 1. The van der Waals surface area contributed by atoms with E-state index in [2.05, 4.69) is 28.8 Å². The van der Waals surface area contributed by atoms with Crippen molar-refractivity contribution in [1.29, 1.82) is 0 Å². The van der Waals surface area contributed by atoms with Crippen molar-refractivity contribution in [2.75, 3.05) is 13.1 Å². The Labute approximate surface area is 102 Å². The lowest BCUT2D eigenvalue weighted by molar-refractivity contribution is 0.183. The van der Waals surface area contributed by atoms with Crippen molar-refractivity contribution in [3.05, 3.63) is 12.2 Å². The summed E-state index contributed by atoms with van der Waals surface area (Å²) >= 11 is 6.29. The van der Waals surface area contributed by atoms with Crippen molar-refractivity contribution in [3.63, 3.8) is 0 Å². The second-order valence-corrected chi connectivity index (χ2v) is 5.07. The van der Waals surface area contributed by atoms with Crippen LogP contribution in [0.1, 0.15) is 26.1 Å². The Balaban J connectivity index is 1.95. The molecule has 0 aromatic carbocycles. The summed E-state index contributed by atoms with van der Waals surface area (Å²) in [5, 5.41) is 4.45. The van der Waals surface area contributed by atoms with Gasteiger partial charge < -0.3 is 0 Å². The molecule has 90 valence electrons. The second-order valence-electron chi connectivity index (χ2n) is 4.51. The first kappa shape index (κ1) is 11.9. The molecule has 0 spiro atoms. The summed E-state index contributed by atoms with van der Waals surface area (Å²) in [6, 6.07) is 0. The number of hydrogen-bond acceptors (Lipinski definition) is 3. The molecule has 4 nitrogen and oxygen atoms in total. The SMILES string of the molecule is CCn1ncnc1CN1CCC(C)C(Cl)C1. The van der Waals surface area contributed by atoms with E-state index in [1.54, 1.807) is 6.33 Å². The van der Waals surface area contributed by atoms with Gasteiger partial charge in [-0.2, -0.15) is 5.10 Å². The third-order valence-corrected chi connectivity index (χ3v) is 3.88. The average Bonchev–Trinajstić information content (AvgIpc) is 2.71. The summed E-state index contributed by atoms with van der Waals surface area (Å²) < 4.78 is 1.95. The van der Waals surface area contributed by atoms with Gasteiger partial charge in [-0.15, -0.1) is 11.6 Å². The second kappa shape index (κ2) is 5.15. The van der Waals surface area contributed by atoms with Crippen molar-refractivity contribution in [3.8, 4) is 0 Å². The molecule has 1 fully saturated rings. The number of aromatic nitrogens is 3. The van der Waals surface area contributed by atoms with Crippen LogP contribution < -0.4 is 0 Å². The predicted molar refractivity (Wildman–Crippen MR) is 64.4 cm³/mol. The fourth-order valence-electron chi connectivity index (χ4n) is 2.10. The highest BCUT2D eigenvalue weighted by molar-refractivity contribution is 6.21. The lowest BCUT2D eigenvalue weighted by Crippen LogP contribution is -2.40. The minimum atomic E-state index is 0.270. The molecule has 0 bridgehead atoms. The quantitative estimate of drug-likeness (QED) is 0.758. The van der Waals surface area contributed by atoms with Crippen molar-refractivity contribution < 1.29 is 0 Å². The molecule has 1 aliphatic rings. The Bertz CT molecular complexity index is 338. The van der Waals surface area contributed by atoms with E-state index in [4.69, 9.17) is 11.6 Å². The van der Waals surface area contributed by atoms with Gasteiger partial charge in [0.05, 0.1) is 6.54 Å². The van der Waals surface area contributed by atoms with Gasteiger partial charge in [-0.05, 0) is 25.8 Å². The molecular weight excluding hydrogens is 224 g/mol. The minimum absolute atomic E-state index is 0.270. The molecule has 0 amide bonds. The Morgan fingerprint density at radius 2 is 2.38 bits per heavy atom. The minimum Gasteiger partial charge on any atom is -0.294 e. The molecular formula is C11H19ClN4. The van der Waals surface area contributed by atoms with Gasteiger partial charge in [0, 0.05) is 18.5 Å². The van der Waals surface area contributed by atoms with Crippen LogP contribution in [-0.4, -0.2) is 38.1 Å². The lowest BCUT2D eigenvalue weighted by atomic mass is 9.99. The Morgan fingerprint density at radius 3 is 3.06 bits per heavy atom. The van der Waals surface area contributed by atoms with Crippen molar-refractivity contribution in [2.24, 2.45) is 5.92 Å². The number of alkyl halides is 1. The standard InChI is InChI=1S/C11H19ClN4/c1-3-16-11(13-8-14-16)7-15-5-4-9(2)10(12)6-15/h8-10H,3-7H2,1-2H3. The molecule has 0 N–H and O–H groups in total. The molecule has 5 heteroatoms. The van der Waals surface area contributed by atoms with Crippen molar-refractivity contribution >= 4 is 11.6 Å². The molecule has 1 saturated heterocycles. The van der Waals surface area contributed by atoms with Crippen LogP contribution >= 0.6 is 11.6 Å². The van der Waals surface area contributed by atoms with Crippen LogP contribution in [-0.2, 0) is 13.1 Å². The van der Waals surface area contributed by atoms with Crippen LogP contribution in [0.25, 0.3) is 0 Å². The van der Waals surface area contributed by atoms with E-state index >= 15 is 0 Å². The van der Waals surface area contributed by atoms with Crippen LogP contribution in [0.5, 0.6) is 0 Å². The molecule has 2 rings (SSSR count). The molecule has 0 radical (unpaired) electrons. The van der Waals surface area contributed by atoms with Crippen LogP contribution in [0.2, 0.25) is 0 Å². The third kappa shape index (κ3) is 2.55. The van der Waals surface area contributed by atoms with Gasteiger partial charge in [0.1, 0.15) is 12.2 Å². The first-order chi connectivity index (χ1) is 7.70. The third-order valence-electron chi connectivity index (χ3n) is 3.31. The highest BCUT2D eigenvalue weighted by atomic mass is 35.5. The molecule has 16 heavy (non-hydrogen) atoms. The first-order valence-corrected chi connectivity index (χ1v) is 6.37. The zero-order valence-electron chi connectivity index (χ0n) is 9.93. The molecule has 2 atom stereocenters. The molecule has 1 aromatic rings. The smallest absolute Gasteiger partial charge is 0.140 e. The van der Waals surface area contributed by atoms with E-state index in [0.717, 1.165) is 32.0 Å². The number of piperidine rings is 1. The fourth-order valence-corrected chi connectivity index (χ4v) is 2.42. The van der Waals surface area contributed by atoms with E-state index in [-0.39, 0.29) is 5.38 Å². The molecule has 1 aliphatic heterocycles. The highest BCUT2D eigenvalue weighted by Crippen LogP contribution is 2.22. The largest absolute Gasteiger partial charge is 0.294 e. The number of likely N-dealkylation sites (tertiary alicyclic amines) is 1. The summed E-state index contributed by atoms with van der Waals surface area (Å²) in [5.41, 5.74) is 0. The maximum absolute atomic E-state index is 6.29. The van der Waals surface area contributed by atoms with Gasteiger partial charge in [0.2, 0.25) is 0 Å². The summed E-state index contributed by atoms with van der Waals surface area (Å²) in [6.45, 7) is 8.12. The van der Waals surface area contributed by atoms with E-state index in [1.807, 2.05) is 4.68 Å².